The Morgan fingerprint density at radius 1 is 1.02 bits per heavy atom. The highest BCUT2D eigenvalue weighted by Gasteiger charge is 2.38. The van der Waals surface area contributed by atoms with E-state index in [0.717, 1.165) is 22.3 Å². The number of piperidine rings is 1. The van der Waals surface area contributed by atoms with E-state index in [0.29, 0.717) is 55.2 Å². The number of amides is 3. The first-order valence-corrected chi connectivity index (χ1v) is 16.6. The van der Waals surface area contributed by atoms with E-state index in [9.17, 15) is 27.6 Å². The molecular weight excluding hydrogens is 687 g/mol. The van der Waals surface area contributed by atoms with Crippen LogP contribution >= 0.6 is 11.6 Å². The van der Waals surface area contributed by atoms with Gasteiger partial charge >= 0.3 is 12.1 Å². The minimum atomic E-state index is -5.08. The van der Waals surface area contributed by atoms with Crippen molar-refractivity contribution in [1.29, 1.82) is 0 Å². The van der Waals surface area contributed by atoms with E-state index in [-0.39, 0.29) is 36.2 Å². The van der Waals surface area contributed by atoms with Crippen molar-refractivity contribution < 1.29 is 37.5 Å². The molecule has 2 heterocycles. The lowest BCUT2D eigenvalue weighted by Crippen LogP contribution is -2.50. The van der Waals surface area contributed by atoms with E-state index in [4.69, 9.17) is 27.2 Å². The van der Waals surface area contributed by atoms with Gasteiger partial charge in [0, 0.05) is 55.2 Å². The van der Waals surface area contributed by atoms with E-state index in [1.807, 2.05) is 64.4 Å². The molecule has 5 N–H and O–H groups in total. The second-order valence-electron chi connectivity index (χ2n) is 11.9. The molecule has 1 saturated heterocycles. The molecule has 5 rings (SSSR count). The molecule has 1 aliphatic heterocycles. The fourth-order valence-corrected chi connectivity index (χ4v) is 6.06. The quantitative estimate of drug-likeness (QED) is 0.155. The minimum Gasteiger partial charge on any atom is -0.475 e. The molecule has 1 aliphatic rings. The van der Waals surface area contributed by atoms with Crippen LogP contribution in [0.25, 0.3) is 11.1 Å². The number of likely N-dealkylation sites (tertiary alicyclic amines) is 1. The average molecular weight is 726 g/mol. The summed E-state index contributed by atoms with van der Waals surface area (Å²) in [6.07, 6.45) is -0.0232. The lowest BCUT2D eigenvalue weighted by atomic mass is 9.93. The molecule has 3 aromatic carbocycles. The fraction of sp³-hybridized carbons (Fsp3) is 0.297. The van der Waals surface area contributed by atoms with Crippen LogP contribution in [0.15, 0.2) is 91.3 Å². The molecule has 0 aliphatic carbocycles. The zero-order valence-electron chi connectivity index (χ0n) is 27.8. The lowest BCUT2D eigenvalue weighted by molar-refractivity contribution is -0.192. The van der Waals surface area contributed by atoms with E-state index < -0.39 is 12.1 Å². The smallest absolute Gasteiger partial charge is 0.475 e. The van der Waals surface area contributed by atoms with Gasteiger partial charge in [-0.3, -0.25) is 14.4 Å². The summed E-state index contributed by atoms with van der Waals surface area (Å²) in [5.74, 6) is -2.92. The van der Waals surface area contributed by atoms with E-state index in [1.54, 1.807) is 30.6 Å². The number of rotatable bonds is 10. The molecule has 270 valence electrons. The fourth-order valence-electron chi connectivity index (χ4n) is 5.93. The lowest BCUT2D eigenvalue weighted by Gasteiger charge is -2.42. The number of nitrogens with one attached hydrogen (secondary N) is 2. The first kappa shape index (κ1) is 38.7. The number of aromatic nitrogens is 1. The topological polar surface area (TPSA) is 149 Å². The number of carbonyl (C=O) groups excluding carboxylic acids is 3. The zero-order chi connectivity index (χ0) is 37.1. The van der Waals surface area contributed by atoms with Crippen molar-refractivity contribution in [3.05, 3.63) is 119 Å². The molecule has 1 fully saturated rings. The molecule has 10 nitrogen and oxygen atoms in total. The highest BCUT2D eigenvalue weighted by atomic mass is 35.5. The van der Waals surface area contributed by atoms with Crippen LogP contribution in [0.3, 0.4) is 0 Å². The van der Waals surface area contributed by atoms with E-state index in [1.165, 1.54) is 0 Å². The van der Waals surface area contributed by atoms with Crippen molar-refractivity contribution in [2.24, 2.45) is 5.73 Å². The number of halogens is 4. The normalized spacial score (nSPS) is 13.8. The Morgan fingerprint density at radius 2 is 1.69 bits per heavy atom. The number of alkyl halides is 3. The third kappa shape index (κ3) is 10.4. The number of nitrogens with two attached hydrogens (primary N) is 1. The average Bonchev–Trinajstić information content (AvgIpc) is 3.67. The minimum absolute atomic E-state index is 0.00125. The van der Waals surface area contributed by atoms with Crippen LogP contribution in [0, 0.1) is 0 Å². The standard InChI is InChI=1S/C35H38ClN5O3.C2HF3O2/c1-24(26-5-4-6-27(22-26)31-7-2-3-8-32(31)34(43)39-18-16-37)41(33(42)21-25-9-11-29(36)12-10-25)30-14-19-40(20-15-30)35(44)28-13-17-38-23-28;3-2(4,5)1(6)7/h2-13,17,22-24,30,38H,14-16,18-21,37H2,1H3,(H,39,43);(H,6,7). The number of carboxylic acid groups (broad SMARTS) is 1. The van der Waals surface area contributed by atoms with Gasteiger partial charge in [-0.15, -0.1) is 0 Å². The van der Waals surface area contributed by atoms with E-state index in [2.05, 4.69) is 23.3 Å². The Labute approximate surface area is 298 Å². The Bertz CT molecular complexity index is 1790. The number of nitrogens with zero attached hydrogens (tertiary/aromatic N) is 2. The molecule has 1 atom stereocenters. The maximum absolute atomic E-state index is 14.1. The van der Waals surface area contributed by atoms with Gasteiger partial charge in [-0.25, -0.2) is 4.79 Å². The highest BCUT2D eigenvalue weighted by molar-refractivity contribution is 6.30. The van der Waals surface area contributed by atoms with Crippen LogP contribution in [0.4, 0.5) is 13.2 Å². The first-order valence-electron chi connectivity index (χ1n) is 16.3. The van der Waals surface area contributed by atoms with Gasteiger partial charge in [-0.1, -0.05) is 60.1 Å². The van der Waals surface area contributed by atoms with Gasteiger partial charge in [0.1, 0.15) is 0 Å². The van der Waals surface area contributed by atoms with Gasteiger partial charge in [-0.2, -0.15) is 13.2 Å². The van der Waals surface area contributed by atoms with Crippen molar-refractivity contribution in [1.82, 2.24) is 20.1 Å². The van der Waals surface area contributed by atoms with Gasteiger partial charge in [-0.05, 0) is 72.4 Å². The third-order valence-electron chi connectivity index (χ3n) is 8.49. The summed E-state index contributed by atoms with van der Waals surface area (Å²) in [6.45, 7) is 3.94. The number of hydrogen-bond donors (Lipinski definition) is 4. The van der Waals surface area contributed by atoms with Crippen LogP contribution in [0.1, 0.15) is 57.7 Å². The van der Waals surface area contributed by atoms with Crippen molar-refractivity contribution in [2.45, 2.75) is 44.4 Å². The molecule has 3 amide bonds. The molecule has 0 saturated carbocycles. The van der Waals surface area contributed by atoms with Gasteiger partial charge in [0.25, 0.3) is 11.8 Å². The zero-order valence-corrected chi connectivity index (χ0v) is 28.6. The molecular formula is C37H39ClF3N5O5. The van der Waals surface area contributed by atoms with Crippen molar-refractivity contribution in [3.8, 4) is 11.1 Å². The summed E-state index contributed by atoms with van der Waals surface area (Å²) in [6, 6.07) is 24.4. The summed E-state index contributed by atoms with van der Waals surface area (Å²) < 4.78 is 31.7. The number of carbonyl (C=O) groups is 4. The summed E-state index contributed by atoms with van der Waals surface area (Å²) in [5, 5.41) is 10.6. The van der Waals surface area contributed by atoms with Crippen LogP contribution in [-0.4, -0.2) is 82.0 Å². The predicted molar refractivity (Wildman–Crippen MR) is 187 cm³/mol. The third-order valence-corrected chi connectivity index (χ3v) is 8.74. The molecule has 4 aromatic rings. The Hall–Kier alpha value is -5.14. The molecule has 0 spiro atoms. The SMILES string of the molecule is CC(c1cccc(-c2ccccc2C(=O)NCCN)c1)N(C(=O)Cc1ccc(Cl)cc1)C1CCN(C(=O)c2cc[nH]c2)CC1.O=C(O)C(F)(F)F. The van der Waals surface area contributed by atoms with Crippen molar-refractivity contribution >= 4 is 35.3 Å². The molecule has 0 radical (unpaired) electrons. The number of aliphatic carboxylic acids is 1. The number of benzene rings is 3. The molecule has 51 heavy (non-hydrogen) atoms. The Kier molecular flexibility index (Phi) is 13.4. The van der Waals surface area contributed by atoms with Gasteiger partial charge in [0.15, 0.2) is 0 Å². The Balaban J connectivity index is 0.000000755. The summed E-state index contributed by atoms with van der Waals surface area (Å²) >= 11 is 6.10. The second-order valence-corrected chi connectivity index (χ2v) is 12.4. The van der Waals surface area contributed by atoms with Gasteiger partial charge < -0.3 is 30.9 Å². The second kappa shape index (κ2) is 17.7. The largest absolute Gasteiger partial charge is 0.490 e. The molecule has 14 heteroatoms. The number of hydrogen-bond acceptors (Lipinski definition) is 5. The van der Waals surface area contributed by atoms with Gasteiger partial charge in [0.2, 0.25) is 5.91 Å². The van der Waals surface area contributed by atoms with Crippen molar-refractivity contribution in [3.63, 3.8) is 0 Å². The monoisotopic (exact) mass is 725 g/mol. The summed E-state index contributed by atoms with van der Waals surface area (Å²) in [7, 11) is 0. The maximum Gasteiger partial charge on any atom is 0.490 e. The number of H-pyrrole nitrogens is 1. The maximum atomic E-state index is 14.1. The predicted octanol–water partition coefficient (Wildman–Crippen LogP) is 6.09. The van der Waals surface area contributed by atoms with Crippen molar-refractivity contribution in [2.75, 3.05) is 26.2 Å². The van der Waals surface area contributed by atoms with E-state index >= 15 is 0 Å². The van der Waals surface area contributed by atoms with Crippen LogP contribution < -0.4 is 11.1 Å². The number of carboxylic acids is 1. The molecule has 1 aromatic heterocycles. The van der Waals surface area contributed by atoms with Crippen LogP contribution in [0.5, 0.6) is 0 Å². The summed E-state index contributed by atoms with van der Waals surface area (Å²) in [4.78, 5) is 55.6. The Morgan fingerprint density at radius 3 is 2.29 bits per heavy atom. The summed E-state index contributed by atoms with van der Waals surface area (Å²) in [5.41, 5.74) is 10.4. The van der Waals surface area contributed by atoms with Crippen LogP contribution in [-0.2, 0) is 16.0 Å². The molecule has 0 bridgehead atoms. The van der Waals surface area contributed by atoms with Gasteiger partial charge in [0.05, 0.1) is 18.0 Å². The highest BCUT2D eigenvalue weighted by Crippen LogP contribution is 2.32. The first-order chi connectivity index (χ1) is 24.3. The number of aromatic amines is 1. The van der Waals surface area contributed by atoms with Crippen LogP contribution in [0.2, 0.25) is 5.02 Å². The molecule has 1 unspecified atom stereocenters.